The highest BCUT2D eigenvalue weighted by atomic mass is 35.5. The Balaban J connectivity index is 1.76. The Morgan fingerprint density at radius 1 is 1.37 bits per heavy atom. The first-order valence-corrected chi connectivity index (χ1v) is 9.46. The number of piperidine rings is 1. The molecule has 1 aliphatic heterocycles. The van der Waals surface area contributed by atoms with Crippen LogP contribution in [0.5, 0.6) is 0 Å². The number of halogens is 2. The fraction of sp³-hybridized carbons (Fsp3) is 0.450. The molecule has 144 valence electrons. The number of nitrogens with zero attached hydrogens (tertiary/aromatic N) is 3. The fourth-order valence-electron chi connectivity index (χ4n) is 3.29. The number of likely N-dealkylation sites (tertiary alicyclic amines) is 1. The molecular weight excluding hydrogens is 367 g/mol. The van der Waals surface area contributed by atoms with Crippen molar-refractivity contribution in [1.29, 1.82) is 0 Å². The summed E-state index contributed by atoms with van der Waals surface area (Å²) in [5.74, 6) is -0.350. The largest absolute Gasteiger partial charge is 0.310 e. The summed E-state index contributed by atoms with van der Waals surface area (Å²) < 4.78 is 13.4. The summed E-state index contributed by atoms with van der Waals surface area (Å²) in [4.78, 5) is 23.1. The number of hydrogen-bond donors (Lipinski definition) is 1. The minimum atomic E-state index is -0.588. The van der Waals surface area contributed by atoms with Crippen molar-refractivity contribution in [2.45, 2.75) is 39.2 Å². The van der Waals surface area contributed by atoms with E-state index >= 15 is 0 Å². The Hall–Kier alpha value is -2.05. The second kappa shape index (κ2) is 7.90. The van der Waals surface area contributed by atoms with Crippen LogP contribution in [0.4, 0.5) is 10.2 Å². The first-order valence-electron chi connectivity index (χ1n) is 9.08. The Morgan fingerprint density at radius 3 is 2.85 bits per heavy atom. The van der Waals surface area contributed by atoms with Gasteiger partial charge < -0.3 is 5.32 Å². The van der Waals surface area contributed by atoms with E-state index in [1.54, 1.807) is 18.2 Å². The summed E-state index contributed by atoms with van der Waals surface area (Å²) >= 11 is 6.19. The van der Waals surface area contributed by atoms with Gasteiger partial charge in [-0.25, -0.2) is 9.97 Å². The van der Waals surface area contributed by atoms with E-state index in [-0.39, 0.29) is 17.4 Å². The summed E-state index contributed by atoms with van der Waals surface area (Å²) in [5.41, 5.74) is 0.962. The zero-order valence-electron chi connectivity index (χ0n) is 15.8. The maximum atomic E-state index is 13.4. The van der Waals surface area contributed by atoms with Gasteiger partial charge in [-0.3, -0.25) is 9.69 Å². The van der Waals surface area contributed by atoms with Gasteiger partial charge in [0.2, 0.25) is 11.9 Å². The summed E-state index contributed by atoms with van der Waals surface area (Å²) in [7, 11) is 0. The van der Waals surface area contributed by atoms with Gasteiger partial charge in [0.15, 0.2) is 0 Å². The van der Waals surface area contributed by atoms with Crippen molar-refractivity contribution >= 4 is 23.3 Å². The Kier molecular flexibility index (Phi) is 5.77. The van der Waals surface area contributed by atoms with Crippen LogP contribution in [-0.2, 0) is 4.79 Å². The zero-order valence-corrected chi connectivity index (χ0v) is 16.6. The minimum absolute atomic E-state index is 0.0354. The predicted molar refractivity (Wildman–Crippen MR) is 105 cm³/mol. The Morgan fingerprint density at radius 2 is 2.15 bits per heavy atom. The van der Waals surface area contributed by atoms with Gasteiger partial charge >= 0.3 is 0 Å². The topological polar surface area (TPSA) is 58.1 Å². The molecule has 1 saturated heterocycles. The van der Waals surface area contributed by atoms with Crippen LogP contribution in [0.3, 0.4) is 0 Å². The van der Waals surface area contributed by atoms with E-state index in [0.29, 0.717) is 22.1 Å². The molecule has 1 N–H and O–H groups in total. The van der Waals surface area contributed by atoms with E-state index < -0.39 is 5.95 Å². The molecule has 0 unspecified atom stereocenters. The van der Waals surface area contributed by atoms with Crippen LogP contribution in [0.15, 0.2) is 30.5 Å². The number of pyridine rings is 2. The minimum Gasteiger partial charge on any atom is -0.310 e. The van der Waals surface area contributed by atoms with E-state index in [0.717, 1.165) is 25.9 Å². The van der Waals surface area contributed by atoms with Gasteiger partial charge in [0.05, 0.1) is 16.6 Å². The second-order valence-electron chi connectivity index (χ2n) is 7.84. The van der Waals surface area contributed by atoms with E-state index in [1.807, 2.05) is 0 Å². The van der Waals surface area contributed by atoms with E-state index in [2.05, 4.69) is 41.0 Å². The van der Waals surface area contributed by atoms with Crippen LogP contribution in [0.2, 0.25) is 5.02 Å². The molecular formula is C20H24ClFN4O. The third kappa shape index (κ3) is 4.82. The second-order valence-corrected chi connectivity index (χ2v) is 8.25. The molecule has 3 heterocycles. The molecule has 1 amide bonds. The summed E-state index contributed by atoms with van der Waals surface area (Å²) in [6, 6.07) is 6.13. The van der Waals surface area contributed by atoms with E-state index in [9.17, 15) is 9.18 Å². The first-order chi connectivity index (χ1) is 12.7. The molecule has 3 rings (SSSR count). The number of hydrogen-bond acceptors (Lipinski definition) is 4. The van der Waals surface area contributed by atoms with Crippen molar-refractivity contribution in [2.24, 2.45) is 5.92 Å². The van der Waals surface area contributed by atoms with Crippen molar-refractivity contribution in [2.75, 3.05) is 18.4 Å². The standard InChI is InChI=1S/C20H24ClFN4O/c1-20(2,3)26-9-5-6-13(12-26)19(27)25-18-10-14(15(21)11-23-18)16-7-4-8-17(22)24-16/h4,7-8,10-11,13H,5-6,9,12H2,1-3H3,(H,23,25,27)/t13-/m1/s1. The van der Waals surface area contributed by atoms with Gasteiger partial charge in [0.25, 0.3) is 0 Å². The molecule has 0 radical (unpaired) electrons. The molecule has 0 saturated carbocycles. The van der Waals surface area contributed by atoms with Crippen molar-refractivity contribution in [1.82, 2.24) is 14.9 Å². The number of nitrogens with one attached hydrogen (secondary N) is 1. The van der Waals surface area contributed by atoms with Gasteiger partial charge in [-0.2, -0.15) is 4.39 Å². The van der Waals surface area contributed by atoms with Gasteiger partial charge in [0.1, 0.15) is 5.82 Å². The molecule has 1 aliphatic rings. The van der Waals surface area contributed by atoms with E-state index in [4.69, 9.17) is 11.6 Å². The highest BCUT2D eigenvalue weighted by Crippen LogP contribution is 2.29. The van der Waals surface area contributed by atoms with E-state index in [1.165, 1.54) is 12.3 Å². The highest BCUT2D eigenvalue weighted by Gasteiger charge is 2.31. The third-order valence-corrected chi connectivity index (χ3v) is 5.14. The number of carbonyl (C=O) groups is 1. The molecule has 27 heavy (non-hydrogen) atoms. The molecule has 0 spiro atoms. The lowest BCUT2D eigenvalue weighted by Crippen LogP contribution is -2.49. The number of rotatable bonds is 3. The van der Waals surface area contributed by atoms with Crippen molar-refractivity contribution in [3.05, 3.63) is 41.4 Å². The fourth-order valence-corrected chi connectivity index (χ4v) is 3.49. The molecule has 0 aliphatic carbocycles. The Labute approximate surface area is 164 Å². The monoisotopic (exact) mass is 390 g/mol. The lowest BCUT2D eigenvalue weighted by Gasteiger charge is -2.41. The maximum absolute atomic E-state index is 13.4. The first kappa shape index (κ1) is 19.7. The number of carbonyl (C=O) groups excluding carboxylic acids is 1. The molecule has 2 aromatic heterocycles. The van der Waals surface area contributed by atoms with Gasteiger partial charge in [-0.1, -0.05) is 17.7 Å². The molecule has 1 atom stereocenters. The number of aromatic nitrogens is 2. The average molecular weight is 391 g/mol. The summed E-state index contributed by atoms with van der Waals surface area (Å²) in [5, 5.41) is 3.23. The molecule has 7 heteroatoms. The maximum Gasteiger partial charge on any atom is 0.229 e. The molecule has 5 nitrogen and oxygen atoms in total. The normalized spacial score (nSPS) is 18.3. The lowest BCUT2D eigenvalue weighted by molar-refractivity contribution is -0.122. The smallest absolute Gasteiger partial charge is 0.229 e. The molecule has 0 aromatic carbocycles. The van der Waals surface area contributed by atoms with Crippen LogP contribution in [0.1, 0.15) is 33.6 Å². The van der Waals surface area contributed by atoms with Crippen LogP contribution >= 0.6 is 11.6 Å². The quantitative estimate of drug-likeness (QED) is 0.790. The SMILES string of the molecule is CC(C)(C)N1CCC[C@@H](C(=O)Nc2cc(-c3cccc(F)n3)c(Cl)cn2)C1. The third-order valence-electron chi connectivity index (χ3n) is 4.84. The van der Waals surface area contributed by atoms with Crippen LogP contribution in [0, 0.1) is 11.9 Å². The number of amides is 1. The predicted octanol–water partition coefficient (Wildman–Crippen LogP) is 4.39. The number of anilines is 1. The van der Waals surface area contributed by atoms with Gasteiger partial charge in [-0.15, -0.1) is 0 Å². The molecule has 2 aromatic rings. The van der Waals surface area contributed by atoms with Crippen molar-refractivity contribution < 1.29 is 9.18 Å². The highest BCUT2D eigenvalue weighted by molar-refractivity contribution is 6.33. The van der Waals surface area contributed by atoms with Crippen LogP contribution in [0.25, 0.3) is 11.3 Å². The van der Waals surface area contributed by atoms with Gasteiger partial charge in [-0.05, 0) is 58.4 Å². The van der Waals surface area contributed by atoms with Crippen LogP contribution < -0.4 is 5.32 Å². The summed E-state index contributed by atoms with van der Waals surface area (Å²) in [6.07, 6.45) is 3.29. The Bertz CT molecular complexity index is 837. The lowest BCUT2D eigenvalue weighted by atomic mass is 9.93. The molecule has 1 fully saturated rings. The average Bonchev–Trinajstić information content (AvgIpc) is 2.62. The zero-order chi connectivity index (χ0) is 19.6. The molecule has 0 bridgehead atoms. The van der Waals surface area contributed by atoms with Gasteiger partial charge in [0, 0.05) is 23.8 Å². The van der Waals surface area contributed by atoms with Crippen molar-refractivity contribution in [3.63, 3.8) is 0 Å². The summed E-state index contributed by atoms with van der Waals surface area (Å²) in [6.45, 7) is 8.20. The van der Waals surface area contributed by atoms with Crippen molar-refractivity contribution in [3.8, 4) is 11.3 Å². The van der Waals surface area contributed by atoms with Crippen LogP contribution in [-0.4, -0.2) is 39.4 Å².